The Labute approximate surface area is 124 Å². The van der Waals surface area contributed by atoms with Crippen LogP contribution < -0.4 is 9.47 Å². The second kappa shape index (κ2) is 5.26. The van der Waals surface area contributed by atoms with Gasteiger partial charge in [-0.15, -0.1) is 0 Å². The zero-order valence-electron chi connectivity index (χ0n) is 11.4. The molecule has 0 fully saturated rings. The van der Waals surface area contributed by atoms with Gasteiger partial charge in [-0.05, 0) is 0 Å². The molecule has 1 N–H and O–H groups in total. The Morgan fingerprint density at radius 3 is 1.91 bits per heavy atom. The van der Waals surface area contributed by atoms with E-state index in [0.29, 0.717) is 0 Å². The number of hydrogen-bond acceptors (Lipinski definition) is 7. The van der Waals surface area contributed by atoms with Crippen molar-refractivity contribution in [3.05, 3.63) is 26.1 Å². The Morgan fingerprint density at radius 1 is 1.04 bits per heavy atom. The molecule has 23 heavy (non-hydrogen) atoms. The topological polar surface area (TPSA) is 133 Å². The van der Waals surface area contributed by atoms with Gasteiger partial charge < -0.3 is 14.5 Å². The molecule has 1 aromatic heterocycles. The lowest BCUT2D eigenvalue weighted by molar-refractivity contribution is -0.423. The Morgan fingerprint density at radius 2 is 1.52 bits per heavy atom. The van der Waals surface area contributed by atoms with Crippen LogP contribution in [-0.2, 0) is 6.18 Å². The predicted molar refractivity (Wildman–Crippen MR) is 67.5 cm³/mol. The summed E-state index contributed by atoms with van der Waals surface area (Å²) in [6, 6.07) is 0. The van der Waals surface area contributed by atoms with Crippen LogP contribution in [0.1, 0.15) is 5.82 Å². The van der Waals surface area contributed by atoms with E-state index in [1.165, 1.54) is 0 Å². The van der Waals surface area contributed by atoms with Crippen molar-refractivity contribution in [2.24, 2.45) is 0 Å². The fraction of sp³-hybridized carbons (Fsp3) is 0.300. The molecule has 0 saturated heterocycles. The summed E-state index contributed by atoms with van der Waals surface area (Å²) in [5.41, 5.74) is -3.43. The van der Waals surface area contributed by atoms with E-state index >= 15 is 0 Å². The first-order chi connectivity index (χ1) is 10.6. The summed E-state index contributed by atoms with van der Waals surface area (Å²) in [7, 11) is 1.84. The van der Waals surface area contributed by atoms with Crippen molar-refractivity contribution in [3.63, 3.8) is 0 Å². The standard InChI is InChI=1S/C10H7F3N4O6/c1-22-7-3-4(15-9(14-3)10(11,12)13)8(23-2)6(17(20)21)5(7)16(18)19/h1-2H3,(H,14,15). The summed E-state index contributed by atoms with van der Waals surface area (Å²) in [5, 5.41) is 22.3. The quantitative estimate of drug-likeness (QED) is 0.669. The third-order valence-corrected chi connectivity index (χ3v) is 2.84. The highest BCUT2D eigenvalue weighted by molar-refractivity contribution is 5.97. The number of nitro benzene ring substituents is 2. The number of aromatic nitrogens is 2. The summed E-state index contributed by atoms with van der Waals surface area (Å²) in [6.07, 6.45) is -4.90. The van der Waals surface area contributed by atoms with E-state index in [1.807, 2.05) is 4.98 Å². The molecular weight excluding hydrogens is 329 g/mol. The van der Waals surface area contributed by atoms with Crippen LogP contribution in [0, 0.1) is 20.2 Å². The van der Waals surface area contributed by atoms with Crippen LogP contribution in [0.2, 0.25) is 0 Å². The van der Waals surface area contributed by atoms with Crippen LogP contribution in [0.15, 0.2) is 0 Å². The van der Waals surface area contributed by atoms with Crippen LogP contribution >= 0.6 is 0 Å². The SMILES string of the molecule is COc1c([N+](=O)[O-])c([N+](=O)[O-])c(OC)c2[nH]c(C(F)(F)F)nc12. The fourth-order valence-electron chi connectivity index (χ4n) is 2.01. The van der Waals surface area contributed by atoms with Gasteiger partial charge in [-0.3, -0.25) is 20.2 Å². The number of nitrogens with one attached hydrogen (secondary N) is 1. The first-order valence-corrected chi connectivity index (χ1v) is 5.67. The number of halogens is 3. The van der Waals surface area contributed by atoms with E-state index in [4.69, 9.17) is 4.74 Å². The molecule has 1 heterocycles. The van der Waals surface area contributed by atoms with Crippen LogP contribution in [0.4, 0.5) is 24.5 Å². The molecule has 0 aliphatic carbocycles. The Kier molecular flexibility index (Phi) is 3.72. The number of alkyl halides is 3. The van der Waals surface area contributed by atoms with Gasteiger partial charge in [0.25, 0.3) is 0 Å². The molecule has 0 spiro atoms. The molecule has 0 atom stereocenters. The highest BCUT2D eigenvalue weighted by Gasteiger charge is 2.42. The molecule has 0 aliphatic rings. The van der Waals surface area contributed by atoms with Crippen molar-refractivity contribution in [3.8, 4) is 11.5 Å². The smallest absolute Gasteiger partial charge is 0.449 e. The number of hydrogen-bond donors (Lipinski definition) is 1. The van der Waals surface area contributed by atoms with Gasteiger partial charge in [-0.25, -0.2) is 4.98 Å². The van der Waals surface area contributed by atoms with Gasteiger partial charge in [-0.2, -0.15) is 13.2 Å². The van der Waals surface area contributed by atoms with Gasteiger partial charge in [0.15, 0.2) is 0 Å². The monoisotopic (exact) mass is 336 g/mol. The average Bonchev–Trinajstić information content (AvgIpc) is 2.88. The number of methoxy groups -OCH3 is 2. The van der Waals surface area contributed by atoms with Crippen LogP contribution in [-0.4, -0.2) is 34.0 Å². The highest BCUT2D eigenvalue weighted by Crippen LogP contribution is 2.49. The van der Waals surface area contributed by atoms with Crippen molar-refractivity contribution in [2.45, 2.75) is 6.18 Å². The van der Waals surface area contributed by atoms with Crippen molar-refractivity contribution < 1.29 is 32.5 Å². The lowest BCUT2D eigenvalue weighted by atomic mass is 10.2. The molecule has 0 saturated carbocycles. The Bertz CT molecular complexity index is 756. The lowest BCUT2D eigenvalue weighted by Gasteiger charge is -2.07. The number of fused-ring (bicyclic) bond motifs is 1. The molecule has 124 valence electrons. The lowest BCUT2D eigenvalue weighted by Crippen LogP contribution is -2.06. The van der Waals surface area contributed by atoms with Crippen LogP contribution in [0.5, 0.6) is 11.5 Å². The van der Waals surface area contributed by atoms with E-state index in [9.17, 15) is 33.4 Å². The summed E-state index contributed by atoms with van der Waals surface area (Å²) in [6.45, 7) is 0. The summed E-state index contributed by atoms with van der Waals surface area (Å²) in [4.78, 5) is 25.0. The summed E-state index contributed by atoms with van der Waals surface area (Å²) < 4.78 is 47.7. The highest BCUT2D eigenvalue weighted by atomic mass is 19.4. The van der Waals surface area contributed by atoms with Gasteiger partial charge in [-0.1, -0.05) is 0 Å². The number of ether oxygens (including phenoxy) is 2. The van der Waals surface area contributed by atoms with Crippen molar-refractivity contribution in [1.29, 1.82) is 0 Å². The van der Waals surface area contributed by atoms with E-state index in [0.717, 1.165) is 14.2 Å². The normalized spacial score (nSPS) is 11.5. The third kappa shape index (κ3) is 2.45. The van der Waals surface area contributed by atoms with Crippen LogP contribution in [0.3, 0.4) is 0 Å². The van der Waals surface area contributed by atoms with Crippen molar-refractivity contribution in [1.82, 2.24) is 9.97 Å². The number of nitrogens with zero attached hydrogens (tertiary/aromatic N) is 3. The summed E-state index contributed by atoms with van der Waals surface area (Å²) >= 11 is 0. The van der Waals surface area contributed by atoms with Crippen molar-refractivity contribution >= 4 is 22.4 Å². The number of H-pyrrole nitrogens is 1. The number of nitro groups is 2. The minimum Gasteiger partial charge on any atom is -0.488 e. The Balaban J connectivity index is 3.06. The van der Waals surface area contributed by atoms with E-state index in [2.05, 4.69) is 9.72 Å². The van der Waals surface area contributed by atoms with Gasteiger partial charge >= 0.3 is 17.6 Å². The molecule has 0 radical (unpaired) electrons. The zero-order chi connectivity index (χ0) is 17.5. The summed E-state index contributed by atoms with van der Waals surface area (Å²) in [5.74, 6) is -3.02. The zero-order valence-corrected chi connectivity index (χ0v) is 11.4. The van der Waals surface area contributed by atoms with Gasteiger partial charge in [0.2, 0.25) is 17.3 Å². The van der Waals surface area contributed by atoms with Gasteiger partial charge in [0.05, 0.1) is 24.1 Å². The minimum absolute atomic E-state index is 0.533. The second-order valence-corrected chi connectivity index (χ2v) is 4.08. The maximum Gasteiger partial charge on any atom is 0.449 e. The predicted octanol–water partition coefficient (Wildman–Crippen LogP) is 2.42. The fourth-order valence-corrected chi connectivity index (χ4v) is 2.01. The third-order valence-electron chi connectivity index (χ3n) is 2.84. The number of benzene rings is 1. The van der Waals surface area contributed by atoms with Crippen molar-refractivity contribution in [2.75, 3.05) is 14.2 Å². The number of rotatable bonds is 4. The second-order valence-electron chi connectivity index (χ2n) is 4.08. The van der Waals surface area contributed by atoms with E-state index in [-0.39, 0.29) is 0 Å². The first-order valence-electron chi connectivity index (χ1n) is 5.67. The van der Waals surface area contributed by atoms with Gasteiger partial charge in [0, 0.05) is 0 Å². The molecule has 0 aliphatic heterocycles. The molecular formula is C10H7F3N4O6. The largest absolute Gasteiger partial charge is 0.488 e. The molecule has 0 unspecified atom stereocenters. The first kappa shape index (κ1) is 16.3. The number of aromatic amines is 1. The molecule has 0 bridgehead atoms. The molecule has 1 aromatic carbocycles. The maximum absolute atomic E-state index is 12.8. The van der Waals surface area contributed by atoms with E-state index < -0.39 is 55.8 Å². The molecule has 2 rings (SSSR count). The van der Waals surface area contributed by atoms with Crippen LogP contribution in [0.25, 0.3) is 11.0 Å². The molecule has 2 aromatic rings. The molecule has 13 heteroatoms. The Hall–Kier alpha value is -3.12. The van der Waals surface area contributed by atoms with Gasteiger partial charge in [0.1, 0.15) is 11.0 Å². The molecule has 0 amide bonds. The molecule has 10 nitrogen and oxygen atoms in total. The van der Waals surface area contributed by atoms with E-state index in [1.54, 1.807) is 0 Å². The maximum atomic E-state index is 12.8. The number of imidazole rings is 1. The minimum atomic E-state index is -4.90. The average molecular weight is 336 g/mol.